The summed E-state index contributed by atoms with van der Waals surface area (Å²) in [7, 11) is 0.482. The highest BCUT2D eigenvalue weighted by Crippen LogP contribution is 2.27. The number of benzene rings is 2. The minimum atomic E-state index is -3.81. The summed E-state index contributed by atoms with van der Waals surface area (Å²) in [6.07, 6.45) is 1.77. The van der Waals surface area contributed by atoms with E-state index in [0.717, 1.165) is 18.4 Å². The molecule has 0 aromatic heterocycles. The maximum Gasteiger partial charge on any atom is 0.254 e. The maximum atomic E-state index is 13.5. The van der Waals surface area contributed by atoms with Gasteiger partial charge >= 0.3 is 0 Å². The lowest BCUT2D eigenvalue weighted by Gasteiger charge is -2.26. The molecule has 1 heterocycles. The van der Waals surface area contributed by atoms with Crippen molar-refractivity contribution in [1.82, 2.24) is 9.62 Å². The Kier molecular flexibility index (Phi) is 7.53. The summed E-state index contributed by atoms with van der Waals surface area (Å²) in [5, 5.41) is 0. The SMILES string of the molecule is CNS(=O)(=O)c1cc(C(=O)N(Cc2ccccc2OC)CC2CCCO2)ccc1OC. The molecule has 1 N–H and O–H groups in total. The van der Waals surface area contributed by atoms with Gasteiger partial charge in [-0.05, 0) is 44.2 Å². The number of nitrogens with zero attached hydrogens (tertiary/aromatic N) is 1. The van der Waals surface area contributed by atoms with E-state index in [-0.39, 0.29) is 28.2 Å². The fraction of sp³-hybridized carbons (Fsp3) is 0.409. The third kappa shape index (κ3) is 5.36. The molecule has 3 rings (SSSR count). The molecule has 1 amide bonds. The summed E-state index contributed by atoms with van der Waals surface area (Å²) in [4.78, 5) is 15.1. The van der Waals surface area contributed by atoms with Gasteiger partial charge in [-0.1, -0.05) is 18.2 Å². The van der Waals surface area contributed by atoms with Gasteiger partial charge in [-0.3, -0.25) is 4.79 Å². The van der Waals surface area contributed by atoms with E-state index in [2.05, 4.69) is 4.72 Å². The number of methoxy groups -OCH3 is 2. The molecule has 168 valence electrons. The van der Waals surface area contributed by atoms with Crippen molar-refractivity contribution in [2.24, 2.45) is 0 Å². The molecular formula is C22H28N2O6S. The van der Waals surface area contributed by atoms with Gasteiger partial charge < -0.3 is 19.1 Å². The maximum absolute atomic E-state index is 13.5. The van der Waals surface area contributed by atoms with E-state index in [0.29, 0.717) is 25.4 Å². The topological polar surface area (TPSA) is 94.2 Å². The highest BCUT2D eigenvalue weighted by molar-refractivity contribution is 7.89. The smallest absolute Gasteiger partial charge is 0.254 e. The molecular weight excluding hydrogens is 420 g/mol. The Hall–Kier alpha value is -2.62. The van der Waals surface area contributed by atoms with Crippen LogP contribution in [0.1, 0.15) is 28.8 Å². The Labute approximate surface area is 183 Å². The van der Waals surface area contributed by atoms with Crippen molar-refractivity contribution in [1.29, 1.82) is 0 Å². The van der Waals surface area contributed by atoms with Crippen LogP contribution in [0, 0.1) is 0 Å². The van der Waals surface area contributed by atoms with Crippen molar-refractivity contribution in [2.45, 2.75) is 30.4 Å². The average Bonchev–Trinajstić information content (AvgIpc) is 3.31. The Morgan fingerprint density at radius 3 is 2.55 bits per heavy atom. The van der Waals surface area contributed by atoms with Crippen LogP contribution in [0.4, 0.5) is 0 Å². The third-order valence-corrected chi connectivity index (χ3v) is 6.69. The highest BCUT2D eigenvalue weighted by atomic mass is 32.2. The zero-order valence-electron chi connectivity index (χ0n) is 18.0. The molecule has 1 aliphatic heterocycles. The average molecular weight is 449 g/mol. The fourth-order valence-electron chi connectivity index (χ4n) is 3.60. The van der Waals surface area contributed by atoms with Crippen LogP contribution in [0.25, 0.3) is 0 Å². The molecule has 0 bridgehead atoms. The van der Waals surface area contributed by atoms with Crippen LogP contribution in [-0.4, -0.2) is 59.7 Å². The summed E-state index contributed by atoms with van der Waals surface area (Å²) in [5.74, 6) is 0.554. The minimum Gasteiger partial charge on any atom is -0.496 e. The first-order valence-corrected chi connectivity index (χ1v) is 11.5. The molecule has 31 heavy (non-hydrogen) atoms. The van der Waals surface area contributed by atoms with E-state index in [9.17, 15) is 13.2 Å². The molecule has 1 fully saturated rings. The Morgan fingerprint density at radius 1 is 1.16 bits per heavy atom. The Bertz CT molecular complexity index is 1020. The highest BCUT2D eigenvalue weighted by Gasteiger charge is 2.26. The number of hydrogen-bond acceptors (Lipinski definition) is 6. The van der Waals surface area contributed by atoms with Crippen LogP contribution in [-0.2, 0) is 21.3 Å². The van der Waals surface area contributed by atoms with Gasteiger partial charge in [0.1, 0.15) is 16.4 Å². The largest absolute Gasteiger partial charge is 0.496 e. The molecule has 1 unspecified atom stereocenters. The van der Waals surface area contributed by atoms with Crippen LogP contribution in [0.15, 0.2) is 47.4 Å². The Morgan fingerprint density at radius 2 is 1.90 bits per heavy atom. The van der Waals surface area contributed by atoms with Gasteiger partial charge in [-0.2, -0.15) is 0 Å². The molecule has 0 radical (unpaired) electrons. The predicted octanol–water partition coefficient (Wildman–Crippen LogP) is 2.43. The van der Waals surface area contributed by atoms with Crippen molar-refractivity contribution in [2.75, 3.05) is 34.4 Å². The van der Waals surface area contributed by atoms with Gasteiger partial charge in [0.05, 0.1) is 20.3 Å². The number of sulfonamides is 1. The second-order valence-electron chi connectivity index (χ2n) is 7.21. The van der Waals surface area contributed by atoms with Gasteiger partial charge in [0.25, 0.3) is 5.91 Å². The molecule has 1 atom stereocenters. The molecule has 0 aliphatic carbocycles. The summed E-state index contributed by atoms with van der Waals surface area (Å²) in [6, 6.07) is 11.9. The van der Waals surface area contributed by atoms with Crippen molar-refractivity contribution in [3.8, 4) is 11.5 Å². The van der Waals surface area contributed by atoms with Crippen LogP contribution >= 0.6 is 0 Å². The Balaban J connectivity index is 1.96. The number of carbonyl (C=O) groups is 1. The van der Waals surface area contributed by atoms with Crippen molar-refractivity contribution >= 4 is 15.9 Å². The quantitative estimate of drug-likeness (QED) is 0.633. The standard InChI is InChI=1S/C22H28N2O6S/c1-23-31(26,27)21-13-16(10-11-20(21)29-3)22(25)24(15-18-8-6-12-30-18)14-17-7-4-5-9-19(17)28-2/h4-5,7,9-11,13,18,23H,6,8,12,14-15H2,1-3H3. The van der Waals surface area contributed by atoms with Gasteiger partial charge in [-0.15, -0.1) is 0 Å². The number of hydrogen-bond donors (Lipinski definition) is 1. The van der Waals surface area contributed by atoms with E-state index < -0.39 is 10.0 Å². The first kappa shape index (κ1) is 23.1. The molecule has 2 aromatic carbocycles. The molecule has 0 spiro atoms. The lowest BCUT2D eigenvalue weighted by atomic mass is 10.1. The van der Waals surface area contributed by atoms with Gasteiger partial charge in [0.15, 0.2) is 0 Å². The second kappa shape index (κ2) is 10.1. The minimum absolute atomic E-state index is 0.0579. The third-order valence-electron chi connectivity index (χ3n) is 5.26. The van der Waals surface area contributed by atoms with Crippen LogP contribution < -0.4 is 14.2 Å². The number of carbonyl (C=O) groups excluding carboxylic acids is 1. The van der Waals surface area contributed by atoms with E-state index in [4.69, 9.17) is 14.2 Å². The lowest BCUT2D eigenvalue weighted by Crippen LogP contribution is -2.37. The molecule has 1 saturated heterocycles. The number of para-hydroxylation sites is 1. The second-order valence-corrected chi connectivity index (χ2v) is 9.06. The van der Waals surface area contributed by atoms with Crippen molar-refractivity contribution < 1.29 is 27.4 Å². The normalized spacial score (nSPS) is 16.2. The number of rotatable bonds is 9. The number of amides is 1. The summed E-state index contributed by atoms with van der Waals surface area (Å²) in [5.41, 5.74) is 1.11. The van der Waals surface area contributed by atoms with E-state index in [1.54, 1.807) is 18.1 Å². The van der Waals surface area contributed by atoms with Gasteiger partial charge in [0, 0.05) is 30.8 Å². The molecule has 2 aromatic rings. The first-order chi connectivity index (χ1) is 14.9. The van der Waals surface area contributed by atoms with Gasteiger partial charge in [0.2, 0.25) is 10.0 Å². The van der Waals surface area contributed by atoms with E-state index in [1.807, 2.05) is 24.3 Å². The molecule has 9 heteroatoms. The zero-order valence-corrected chi connectivity index (χ0v) is 18.8. The number of ether oxygens (including phenoxy) is 3. The zero-order chi connectivity index (χ0) is 22.4. The van der Waals surface area contributed by atoms with Crippen LogP contribution in [0.5, 0.6) is 11.5 Å². The fourth-order valence-corrected chi connectivity index (χ4v) is 4.52. The monoisotopic (exact) mass is 448 g/mol. The van der Waals surface area contributed by atoms with Gasteiger partial charge in [-0.25, -0.2) is 13.1 Å². The van der Waals surface area contributed by atoms with Crippen molar-refractivity contribution in [3.63, 3.8) is 0 Å². The van der Waals surface area contributed by atoms with E-state index in [1.165, 1.54) is 26.3 Å². The van der Waals surface area contributed by atoms with E-state index >= 15 is 0 Å². The summed E-state index contributed by atoms with van der Waals surface area (Å²) >= 11 is 0. The first-order valence-electron chi connectivity index (χ1n) is 10.0. The van der Waals surface area contributed by atoms with Crippen LogP contribution in [0.3, 0.4) is 0 Å². The lowest BCUT2D eigenvalue weighted by molar-refractivity contribution is 0.0505. The molecule has 0 saturated carbocycles. The molecule has 1 aliphatic rings. The van der Waals surface area contributed by atoms with Crippen LogP contribution in [0.2, 0.25) is 0 Å². The summed E-state index contributed by atoms with van der Waals surface area (Å²) < 4.78 is 43.5. The molecule has 8 nitrogen and oxygen atoms in total. The summed E-state index contributed by atoms with van der Waals surface area (Å²) in [6.45, 7) is 1.38. The number of nitrogens with one attached hydrogen (secondary N) is 1. The predicted molar refractivity (Wildman–Crippen MR) is 116 cm³/mol. The van der Waals surface area contributed by atoms with Crippen molar-refractivity contribution in [3.05, 3.63) is 53.6 Å².